The molecule has 1 N–H and O–H groups in total. The molecule has 1 unspecified atom stereocenters. The number of alkyl halides is 3. The number of halogens is 3. The third kappa shape index (κ3) is 4.24. The summed E-state index contributed by atoms with van der Waals surface area (Å²) in [6, 6.07) is 3.87. The zero-order valence-electron chi connectivity index (χ0n) is 10.2. The largest absolute Gasteiger partial charge is 0.433 e. The molecule has 1 atom stereocenters. The molecule has 0 radical (unpaired) electrons. The maximum Gasteiger partial charge on any atom is 0.433 e. The molecule has 0 aromatic carbocycles. The molecule has 0 aliphatic heterocycles. The summed E-state index contributed by atoms with van der Waals surface area (Å²) in [5.74, 6) is 1.13. The fraction of sp³-hybridized carbons (Fsp3) is 0.583. The van der Waals surface area contributed by atoms with Crippen molar-refractivity contribution in [2.75, 3.05) is 11.9 Å². The van der Waals surface area contributed by atoms with Crippen molar-refractivity contribution >= 4 is 5.82 Å². The van der Waals surface area contributed by atoms with Gasteiger partial charge in [-0.05, 0) is 24.0 Å². The highest BCUT2D eigenvalue weighted by molar-refractivity contribution is 5.35. The Balaban J connectivity index is 2.67. The molecule has 0 aliphatic carbocycles. The predicted molar refractivity (Wildman–Crippen MR) is 61.7 cm³/mol. The van der Waals surface area contributed by atoms with Crippen molar-refractivity contribution in [2.45, 2.75) is 26.9 Å². The number of rotatable bonds is 4. The molecule has 0 spiro atoms. The van der Waals surface area contributed by atoms with Crippen LogP contribution in [-0.4, -0.2) is 11.5 Å². The predicted octanol–water partition coefficient (Wildman–Crippen LogP) is 3.80. The summed E-state index contributed by atoms with van der Waals surface area (Å²) >= 11 is 0. The number of pyridine rings is 1. The van der Waals surface area contributed by atoms with Crippen LogP contribution in [0.15, 0.2) is 18.2 Å². The van der Waals surface area contributed by atoms with Crippen molar-refractivity contribution in [3.63, 3.8) is 0 Å². The van der Waals surface area contributed by atoms with Gasteiger partial charge in [0.05, 0.1) is 0 Å². The van der Waals surface area contributed by atoms with Crippen LogP contribution >= 0.6 is 0 Å². The van der Waals surface area contributed by atoms with Crippen molar-refractivity contribution in [3.05, 3.63) is 23.9 Å². The number of aromatic nitrogens is 1. The second-order valence-corrected chi connectivity index (χ2v) is 4.51. The van der Waals surface area contributed by atoms with Gasteiger partial charge in [-0.3, -0.25) is 0 Å². The fourth-order valence-electron chi connectivity index (χ4n) is 1.19. The molecule has 0 saturated heterocycles. The van der Waals surface area contributed by atoms with Gasteiger partial charge in [0, 0.05) is 6.54 Å². The molecule has 1 aromatic heterocycles. The minimum absolute atomic E-state index is 0.271. The summed E-state index contributed by atoms with van der Waals surface area (Å²) in [6.07, 6.45) is -4.39. The zero-order valence-corrected chi connectivity index (χ0v) is 10.2. The maximum atomic E-state index is 12.4. The van der Waals surface area contributed by atoms with Crippen LogP contribution in [-0.2, 0) is 6.18 Å². The van der Waals surface area contributed by atoms with Crippen molar-refractivity contribution in [3.8, 4) is 0 Å². The van der Waals surface area contributed by atoms with E-state index in [1.807, 2.05) is 6.92 Å². The summed E-state index contributed by atoms with van der Waals surface area (Å²) in [6.45, 7) is 6.81. The Morgan fingerprint density at radius 2 is 1.88 bits per heavy atom. The Morgan fingerprint density at radius 3 is 2.41 bits per heavy atom. The van der Waals surface area contributed by atoms with E-state index in [9.17, 15) is 13.2 Å². The average molecular weight is 246 g/mol. The van der Waals surface area contributed by atoms with Crippen LogP contribution in [0.3, 0.4) is 0 Å². The average Bonchev–Trinajstić information content (AvgIpc) is 2.25. The van der Waals surface area contributed by atoms with E-state index in [1.165, 1.54) is 6.07 Å². The minimum atomic E-state index is -4.39. The van der Waals surface area contributed by atoms with Crippen LogP contribution < -0.4 is 5.32 Å². The van der Waals surface area contributed by atoms with Gasteiger partial charge >= 0.3 is 6.18 Å². The van der Waals surface area contributed by atoms with Crippen LogP contribution in [0.2, 0.25) is 0 Å². The summed E-state index contributed by atoms with van der Waals surface area (Å²) in [7, 11) is 0. The fourth-order valence-corrected chi connectivity index (χ4v) is 1.19. The smallest absolute Gasteiger partial charge is 0.370 e. The minimum Gasteiger partial charge on any atom is -0.370 e. The monoisotopic (exact) mass is 246 g/mol. The van der Waals surface area contributed by atoms with Crippen LogP contribution in [0.1, 0.15) is 26.5 Å². The van der Waals surface area contributed by atoms with Gasteiger partial charge in [-0.2, -0.15) is 13.2 Å². The first-order valence-corrected chi connectivity index (χ1v) is 5.59. The number of nitrogens with zero attached hydrogens (tertiary/aromatic N) is 1. The molecular weight excluding hydrogens is 229 g/mol. The van der Waals surface area contributed by atoms with E-state index >= 15 is 0 Å². The van der Waals surface area contributed by atoms with Gasteiger partial charge in [-0.15, -0.1) is 0 Å². The Labute approximate surface area is 99.3 Å². The van der Waals surface area contributed by atoms with E-state index in [0.29, 0.717) is 18.4 Å². The Kier molecular flexibility index (Phi) is 4.37. The summed E-state index contributed by atoms with van der Waals surface area (Å²) < 4.78 is 37.2. The van der Waals surface area contributed by atoms with Gasteiger partial charge in [-0.1, -0.05) is 26.8 Å². The van der Waals surface area contributed by atoms with Crippen molar-refractivity contribution < 1.29 is 13.2 Å². The van der Waals surface area contributed by atoms with Gasteiger partial charge in [0.1, 0.15) is 11.5 Å². The summed E-state index contributed by atoms with van der Waals surface area (Å²) in [5.41, 5.74) is -0.861. The molecule has 0 fully saturated rings. The van der Waals surface area contributed by atoms with E-state index in [4.69, 9.17) is 0 Å². The van der Waals surface area contributed by atoms with Crippen molar-refractivity contribution in [1.82, 2.24) is 4.98 Å². The quantitative estimate of drug-likeness (QED) is 0.874. The molecule has 1 rings (SSSR count). The molecule has 0 bridgehead atoms. The van der Waals surface area contributed by atoms with Gasteiger partial charge in [-0.25, -0.2) is 4.98 Å². The van der Waals surface area contributed by atoms with Gasteiger partial charge in [0.25, 0.3) is 0 Å². The Hall–Kier alpha value is -1.26. The van der Waals surface area contributed by atoms with E-state index in [2.05, 4.69) is 24.1 Å². The van der Waals surface area contributed by atoms with Gasteiger partial charge in [0.15, 0.2) is 0 Å². The molecule has 17 heavy (non-hydrogen) atoms. The SMILES string of the molecule is CC(C)C(C)CNc1cccc(C(F)(F)F)n1. The highest BCUT2D eigenvalue weighted by Gasteiger charge is 2.32. The second kappa shape index (κ2) is 5.38. The van der Waals surface area contributed by atoms with Crippen molar-refractivity contribution in [2.24, 2.45) is 11.8 Å². The van der Waals surface area contributed by atoms with Crippen LogP contribution in [0, 0.1) is 11.8 Å². The molecule has 96 valence electrons. The lowest BCUT2D eigenvalue weighted by Gasteiger charge is -2.17. The summed E-state index contributed by atoms with van der Waals surface area (Å²) in [4.78, 5) is 3.54. The van der Waals surface area contributed by atoms with Crippen molar-refractivity contribution in [1.29, 1.82) is 0 Å². The first-order chi connectivity index (χ1) is 7.80. The number of anilines is 1. The number of hydrogen-bond acceptors (Lipinski definition) is 2. The molecule has 0 amide bonds. The molecule has 0 aliphatic rings. The third-order valence-electron chi connectivity index (χ3n) is 2.78. The Morgan fingerprint density at radius 1 is 1.24 bits per heavy atom. The molecule has 0 saturated carbocycles. The molecule has 1 heterocycles. The second-order valence-electron chi connectivity index (χ2n) is 4.51. The third-order valence-corrected chi connectivity index (χ3v) is 2.78. The zero-order chi connectivity index (χ0) is 13.1. The first-order valence-electron chi connectivity index (χ1n) is 5.59. The maximum absolute atomic E-state index is 12.4. The van der Waals surface area contributed by atoms with Gasteiger partial charge in [0.2, 0.25) is 0 Å². The highest BCUT2D eigenvalue weighted by Crippen LogP contribution is 2.28. The molecular formula is C12H17F3N2. The number of nitrogens with one attached hydrogen (secondary N) is 1. The van der Waals surface area contributed by atoms with E-state index in [0.717, 1.165) is 6.07 Å². The van der Waals surface area contributed by atoms with E-state index in [1.54, 1.807) is 6.07 Å². The topological polar surface area (TPSA) is 24.9 Å². The highest BCUT2D eigenvalue weighted by atomic mass is 19.4. The number of hydrogen-bond donors (Lipinski definition) is 1. The Bertz CT molecular complexity index is 361. The lowest BCUT2D eigenvalue weighted by Crippen LogP contribution is -2.17. The molecule has 2 nitrogen and oxygen atoms in total. The lowest BCUT2D eigenvalue weighted by atomic mass is 9.98. The molecule has 1 aromatic rings. The normalized spacial score (nSPS) is 13.8. The molecule has 5 heteroatoms. The standard InChI is InChI=1S/C12H17F3N2/c1-8(2)9(3)7-16-11-6-4-5-10(17-11)12(13,14)15/h4-6,8-9H,7H2,1-3H3,(H,16,17). The summed E-state index contributed by atoms with van der Waals surface area (Å²) in [5, 5.41) is 2.93. The van der Waals surface area contributed by atoms with E-state index < -0.39 is 11.9 Å². The van der Waals surface area contributed by atoms with Crippen LogP contribution in [0.25, 0.3) is 0 Å². The van der Waals surface area contributed by atoms with Crippen LogP contribution in [0.4, 0.5) is 19.0 Å². The first kappa shape index (κ1) is 13.8. The lowest BCUT2D eigenvalue weighted by molar-refractivity contribution is -0.141. The van der Waals surface area contributed by atoms with Gasteiger partial charge < -0.3 is 5.32 Å². The van der Waals surface area contributed by atoms with E-state index in [-0.39, 0.29) is 5.82 Å². The van der Waals surface area contributed by atoms with Crippen LogP contribution in [0.5, 0.6) is 0 Å².